The van der Waals surface area contributed by atoms with E-state index in [1.807, 2.05) is 31.2 Å². The zero-order valence-corrected chi connectivity index (χ0v) is 17.2. The molecule has 1 heterocycles. The van der Waals surface area contributed by atoms with E-state index < -0.39 is 10.0 Å². The quantitative estimate of drug-likeness (QED) is 0.741. The van der Waals surface area contributed by atoms with Crippen LogP contribution in [0.2, 0.25) is 0 Å². The monoisotopic (exact) mass is 412 g/mol. The van der Waals surface area contributed by atoms with Crippen LogP contribution >= 0.6 is 0 Å². The Morgan fingerprint density at radius 3 is 2.45 bits per heavy atom. The highest BCUT2D eigenvalue weighted by Gasteiger charge is 2.19. The van der Waals surface area contributed by atoms with Crippen molar-refractivity contribution < 1.29 is 17.9 Å². The molecular formula is C22H24N2O4S. The number of sulfonamides is 1. The van der Waals surface area contributed by atoms with Crippen LogP contribution in [0.3, 0.4) is 0 Å². The average molecular weight is 413 g/mol. The maximum atomic E-state index is 12.3. The van der Waals surface area contributed by atoms with E-state index in [0.717, 1.165) is 30.6 Å². The molecule has 0 aromatic heterocycles. The summed E-state index contributed by atoms with van der Waals surface area (Å²) in [7, 11) is -3.63. The van der Waals surface area contributed by atoms with E-state index >= 15 is 0 Å². The molecule has 0 radical (unpaired) electrons. The highest BCUT2D eigenvalue weighted by molar-refractivity contribution is 7.89. The number of nitrogens with zero attached hydrogens (tertiary/aromatic N) is 1. The number of rotatable bonds is 6. The summed E-state index contributed by atoms with van der Waals surface area (Å²) in [6.45, 7) is 3.14. The third kappa shape index (κ3) is 5.59. The summed E-state index contributed by atoms with van der Waals surface area (Å²) in [5.74, 6) is 6.53. The Balaban J connectivity index is 1.57. The van der Waals surface area contributed by atoms with Gasteiger partial charge in [0.2, 0.25) is 15.9 Å². The lowest BCUT2D eigenvalue weighted by Gasteiger charge is -2.26. The fourth-order valence-electron chi connectivity index (χ4n) is 3.05. The lowest BCUT2D eigenvalue weighted by atomic mass is 10.1. The molecule has 7 heteroatoms. The van der Waals surface area contributed by atoms with Gasteiger partial charge in [-0.15, -0.1) is 0 Å². The van der Waals surface area contributed by atoms with Gasteiger partial charge in [0.15, 0.2) is 0 Å². The van der Waals surface area contributed by atoms with Gasteiger partial charge >= 0.3 is 0 Å². The molecule has 1 amide bonds. The average Bonchev–Trinajstić information content (AvgIpc) is 2.73. The maximum absolute atomic E-state index is 12.3. The molecule has 1 aliphatic rings. The molecule has 2 aromatic carbocycles. The minimum Gasteiger partial charge on any atom is -0.494 e. The normalized spacial score (nSPS) is 14.2. The number of anilines is 1. The molecule has 0 spiro atoms. The van der Waals surface area contributed by atoms with Gasteiger partial charge in [-0.05, 0) is 68.3 Å². The number of piperidine rings is 1. The molecular weight excluding hydrogens is 388 g/mol. The van der Waals surface area contributed by atoms with Crippen molar-refractivity contribution in [3.8, 4) is 17.6 Å². The molecule has 152 valence electrons. The van der Waals surface area contributed by atoms with Gasteiger partial charge in [0.05, 0.1) is 18.0 Å². The Labute approximate surface area is 171 Å². The van der Waals surface area contributed by atoms with Crippen molar-refractivity contribution in [2.24, 2.45) is 0 Å². The first-order chi connectivity index (χ1) is 14.0. The molecule has 3 rings (SSSR count). The van der Waals surface area contributed by atoms with Crippen molar-refractivity contribution >= 4 is 21.6 Å². The van der Waals surface area contributed by atoms with Crippen LogP contribution in [0.15, 0.2) is 53.4 Å². The summed E-state index contributed by atoms with van der Waals surface area (Å²) in [6, 6.07) is 13.7. The van der Waals surface area contributed by atoms with E-state index in [0.29, 0.717) is 18.8 Å². The second-order valence-electron chi connectivity index (χ2n) is 6.58. The van der Waals surface area contributed by atoms with E-state index in [2.05, 4.69) is 16.6 Å². The Morgan fingerprint density at radius 1 is 1.07 bits per heavy atom. The number of hydrogen-bond acceptors (Lipinski definition) is 4. The highest BCUT2D eigenvalue weighted by atomic mass is 32.2. The smallest absolute Gasteiger partial charge is 0.241 e. The minimum atomic E-state index is -3.63. The minimum absolute atomic E-state index is 0.00189. The van der Waals surface area contributed by atoms with E-state index in [4.69, 9.17) is 4.74 Å². The molecule has 0 unspecified atom stereocenters. The van der Waals surface area contributed by atoms with Gasteiger partial charge in [0.25, 0.3) is 0 Å². The van der Waals surface area contributed by atoms with Gasteiger partial charge in [0, 0.05) is 24.2 Å². The van der Waals surface area contributed by atoms with Gasteiger partial charge in [-0.1, -0.05) is 11.8 Å². The summed E-state index contributed by atoms with van der Waals surface area (Å²) >= 11 is 0. The molecule has 1 fully saturated rings. The van der Waals surface area contributed by atoms with E-state index in [-0.39, 0.29) is 17.3 Å². The second kappa shape index (κ2) is 9.59. The first-order valence-corrected chi connectivity index (χ1v) is 11.1. The molecule has 0 aliphatic carbocycles. The molecule has 29 heavy (non-hydrogen) atoms. The number of carbonyl (C=O) groups excluding carboxylic acids is 1. The summed E-state index contributed by atoms with van der Waals surface area (Å²) in [4.78, 5) is 13.9. The summed E-state index contributed by atoms with van der Waals surface area (Å²) in [5, 5.41) is 0. The zero-order valence-electron chi connectivity index (χ0n) is 16.3. The molecule has 1 aliphatic heterocycles. The summed E-state index contributed by atoms with van der Waals surface area (Å²) in [5.41, 5.74) is 1.63. The number of ether oxygens (including phenoxy) is 1. The van der Waals surface area contributed by atoms with Crippen LogP contribution in [0.1, 0.15) is 31.7 Å². The fraction of sp³-hybridized carbons (Fsp3) is 0.318. The van der Waals surface area contributed by atoms with E-state index in [1.54, 1.807) is 17.0 Å². The van der Waals surface area contributed by atoms with Crippen LogP contribution < -0.4 is 14.4 Å². The molecule has 1 N–H and O–H groups in total. The van der Waals surface area contributed by atoms with Gasteiger partial charge in [-0.2, -0.15) is 4.72 Å². The molecule has 0 atom stereocenters. The van der Waals surface area contributed by atoms with Gasteiger partial charge in [-0.25, -0.2) is 8.42 Å². The van der Waals surface area contributed by atoms with Crippen LogP contribution in [0.25, 0.3) is 0 Å². The second-order valence-corrected chi connectivity index (χ2v) is 8.35. The first-order valence-electron chi connectivity index (χ1n) is 9.61. The third-order valence-corrected chi connectivity index (χ3v) is 5.95. The van der Waals surface area contributed by atoms with Crippen molar-refractivity contribution in [1.82, 2.24) is 4.72 Å². The van der Waals surface area contributed by atoms with Crippen LogP contribution in [0.5, 0.6) is 5.75 Å². The molecule has 0 bridgehead atoms. The number of carbonyl (C=O) groups is 1. The van der Waals surface area contributed by atoms with Gasteiger partial charge < -0.3 is 9.64 Å². The Bertz CT molecular complexity index is 1000. The lowest BCUT2D eigenvalue weighted by Crippen LogP contribution is -2.35. The maximum Gasteiger partial charge on any atom is 0.241 e. The zero-order chi connectivity index (χ0) is 20.7. The van der Waals surface area contributed by atoms with Crippen molar-refractivity contribution in [1.29, 1.82) is 0 Å². The Kier molecular flexibility index (Phi) is 6.91. The van der Waals surface area contributed by atoms with Gasteiger partial charge in [-0.3, -0.25) is 4.79 Å². The standard InChI is InChI=1S/C22H24N2O4S/c1-2-28-20-12-14-21(15-13-20)29(26,27)23-16-5-6-18-8-10-19(11-9-18)24-17-4-3-7-22(24)25/h8-15,23H,2-4,7,16-17H2,1H3. The van der Waals surface area contributed by atoms with Crippen molar-refractivity contribution in [2.75, 3.05) is 24.6 Å². The van der Waals surface area contributed by atoms with Crippen molar-refractivity contribution in [2.45, 2.75) is 31.1 Å². The van der Waals surface area contributed by atoms with Crippen LogP contribution in [0, 0.1) is 11.8 Å². The van der Waals surface area contributed by atoms with Crippen molar-refractivity contribution in [3.05, 3.63) is 54.1 Å². The fourth-order valence-corrected chi connectivity index (χ4v) is 3.97. The number of nitrogens with one attached hydrogen (secondary N) is 1. The Hall–Kier alpha value is -2.82. The third-order valence-electron chi connectivity index (χ3n) is 4.53. The molecule has 1 saturated heterocycles. The molecule has 6 nitrogen and oxygen atoms in total. The Morgan fingerprint density at radius 2 is 1.79 bits per heavy atom. The van der Waals surface area contributed by atoms with E-state index in [1.165, 1.54) is 12.1 Å². The van der Waals surface area contributed by atoms with Gasteiger partial charge in [0.1, 0.15) is 5.75 Å². The largest absolute Gasteiger partial charge is 0.494 e. The van der Waals surface area contributed by atoms with Crippen molar-refractivity contribution in [3.63, 3.8) is 0 Å². The predicted molar refractivity (Wildman–Crippen MR) is 112 cm³/mol. The van der Waals surface area contributed by atoms with Crippen LogP contribution in [-0.4, -0.2) is 34.0 Å². The topological polar surface area (TPSA) is 75.7 Å². The summed E-state index contributed by atoms with van der Waals surface area (Å²) < 4.78 is 32.4. The molecule has 0 saturated carbocycles. The number of hydrogen-bond donors (Lipinski definition) is 1. The number of amides is 1. The lowest BCUT2D eigenvalue weighted by molar-refractivity contribution is -0.119. The van der Waals surface area contributed by atoms with Crippen LogP contribution in [0.4, 0.5) is 5.69 Å². The summed E-state index contributed by atoms with van der Waals surface area (Å²) in [6.07, 6.45) is 2.56. The van der Waals surface area contributed by atoms with Crippen LogP contribution in [-0.2, 0) is 14.8 Å². The van der Waals surface area contributed by atoms with E-state index in [9.17, 15) is 13.2 Å². The SMILES string of the molecule is CCOc1ccc(S(=O)(=O)NCC#Cc2ccc(N3CCCCC3=O)cc2)cc1. The highest BCUT2D eigenvalue weighted by Crippen LogP contribution is 2.21. The molecule has 2 aromatic rings. The predicted octanol–water partition coefficient (Wildman–Crippen LogP) is 2.93. The first kappa shape index (κ1) is 20.9. The number of benzene rings is 2.